The van der Waals surface area contributed by atoms with Crippen molar-refractivity contribution in [3.05, 3.63) is 47.5 Å². The topological polar surface area (TPSA) is 65.0 Å². The number of ether oxygens (including phenoxy) is 3. The second-order valence-corrected chi connectivity index (χ2v) is 9.89. The first-order valence-electron chi connectivity index (χ1n) is 12.6. The van der Waals surface area contributed by atoms with Gasteiger partial charge in [-0.25, -0.2) is 0 Å². The van der Waals surface area contributed by atoms with Gasteiger partial charge in [-0.1, -0.05) is 44.2 Å². The molecular weight excluding hydrogens is 416 g/mol. The number of phenols is 1. The SMILES string of the molecule is O=C1CC(c2ccc(OCC3CCCC3)cc2)Oc2cc(OCC3CCCCC3)cc(O)c21. The maximum absolute atomic E-state index is 12.8. The Balaban J connectivity index is 1.24. The summed E-state index contributed by atoms with van der Waals surface area (Å²) in [5.74, 6) is 2.86. The quantitative estimate of drug-likeness (QED) is 0.513. The number of carbonyl (C=O) groups excluding carboxylic acids is 1. The Kier molecular flexibility index (Phi) is 6.75. The lowest BCUT2D eigenvalue weighted by molar-refractivity contribution is 0.0844. The number of Topliss-reactive ketones (excluding diaryl/α,β-unsaturated/α-hetero) is 1. The third-order valence-corrected chi connectivity index (χ3v) is 7.40. The minimum absolute atomic E-state index is 0.0646. The first-order chi connectivity index (χ1) is 16.2. The van der Waals surface area contributed by atoms with E-state index in [2.05, 4.69) is 0 Å². The number of ketones is 1. The molecule has 5 nitrogen and oxygen atoms in total. The summed E-state index contributed by atoms with van der Waals surface area (Å²) in [5, 5.41) is 10.5. The Morgan fingerprint density at radius 2 is 1.42 bits per heavy atom. The highest BCUT2D eigenvalue weighted by Crippen LogP contribution is 2.42. The van der Waals surface area contributed by atoms with Crippen LogP contribution in [0, 0.1) is 11.8 Å². The van der Waals surface area contributed by atoms with E-state index in [1.807, 2.05) is 24.3 Å². The normalized spacial score (nSPS) is 21.5. The van der Waals surface area contributed by atoms with E-state index in [0.29, 0.717) is 29.9 Å². The molecule has 33 heavy (non-hydrogen) atoms. The Bertz CT molecular complexity index is 955. The molecule has 0 bridgehead atoms. The van der Waals surface area contributed by atoms with Gasteiger partial charge in [0.15, 0.2) is 5.78 Å². The third kappa shape index (κ3) is 5.29. The third-order valence-electron chi connectivity index (χ3n) is 7.40. The maximum Gasteiger partial charge on any atom is 0.174 e. The average molecular weight is 451 g/mol. The lowest BCUT2D eigenvalue weighted by Crippen LogP contribution is -2.21. The number of aromatic hydroxyl groups is 1. The highest BCUT2D eigenvalue weighted by atomic mass is 16.5. The van der Waals surface area contributed by atoms with Gasteiger partial charge in [0.2, 0.25) is 0 Å². The van der Waals surface area contributed by atoms with Gasteiger partial charge in [-0.2, -0.15) is 0 Å². The van der Waals surface area contributed by atoms with Gasteiger partial charge in [0.05, 0.1) is 19.6 Å². The van der Waals surface area contributed by atoms with Crippen LogP contribution in [-0.4, -0.2) is 24.1 Å². The van der Waals surface area contributed by atoms with Crippen LogP contribution in [0.5, 0.6) is 23.0 Å². The van der Waals surface area contributed by atoms with Crippen LogP contribution in [0.25, 0.3) is 0 Å². The van der Waals surface area contributed by atoms with Crippen LogP contribution in [0.2, 0.25) is 0 Å². The van der Waals surface area contributed by atoms with Crippen LogP contribution in [0.15, 0.2) is 36.4 Å². The molecule has 2 aromatic carbocycles. The van der Waals surface area contributed by atoms with E-state index < -0.39 is 0 Å². The van der Waals surface area contributed by atoms with Crippen LogP contribution < -0.4 is 14.2 Å². The van der Waals surface area contributed by atoms with Crippen LogP contribution in [0.3, 0.4) is 0 Å². The zero-order chi connectivity index (χ0) is 22.6. The molecular formula is C28H34O5. The molecule has 5 heteroatoms. The molecule has 0 amide bonds. The van der Waals surface area contributed by atoms with Gasteiger partial charge in [-0.3, -0.25) is 4.79 Å². The molecule has 0 spiro atoms. The summed E-state index contributed by atoms with van der Waals surface area (Å²) < 4.78 is 18.1. The fourth-order valence-corrected chi connectivity index (χ4v) is 5.42. The minimum Gasteiger partial charge on any atom is -0.507 e. The van der Waals surface area contributed by atoms with Gasteiger partial charge < -0.3 is 19.3 Å². The minimum atomic E-state index is -0.387. The fourth-order valence-electron chi connectivity index (χ4n) is 5.42. The molecule has 1 aliphatic heterocycles. The monoisotopic (exact) mass is 450 g/mol. The Morgan fingerprint density at radius 1 is 0.818 bits per heavy atom. The summed E-state index contributed by atoms with van der Waals surface area (Å²) in [4.78, 5) is 12.8. The number of rotatable bonds is 7. The predicted octanol–water partition coefficient (Wildman–Crippen LogP) is 6.63. The van der Waals surface area contributed by atoms with Crippen LogP contribution in [0.1, 0.15) is 86.2 Å². The van der Waals surface area contributed by atoms with E-state index in [-0.39, 0.29) is 29.6 Å². The van der Waals surface area contributed by atoms with E-state index in [1.165, 1.54) is 57.8 Å². The lowest BCUT2D eigenvalue weighted by Gasteiger charge is -2.27. The molecule has 0 radical (unpaired) electrons. The van der Waals surface area contributed by atoms with Gasteiger partial charge in [0.1, 0.15) is 34.7 Å². The summed E-state index contributed by atoms with van der Waals surface area (Å²) >= 11 is 0. The van der Waals surface area contributed by atoms with Crippen molar-refractivity contribution in [1.29, 1.82) is 0 Å². The van der Waals surface area contributed by atoms with Gasteiger partial charge in [-0.05, 0) is 55.2 Å². The first kappa shape index (κ1) is 22.1. The predicted molar refractivity (Wildman–Crippen MR) is 126 cm³/mol. The average Bonchev–Trinajstić information content (AvgIpc) is 3.36. The van der Waals surface area contributed by atoms with E-state index in [4.69, 9.17) is 14.2 Å². The molecule has 0 saturated heterocycles. The number of carbonyl (C=O) groups is 1. The highest BCUT2D eigenvalue weighted by molar-refractivity contribution is 6.02. The summed E-state index contributed by atoms with van der Waals surface area (Å²) in [7, 11) is 0. The molecule has 0 aromatic heterocycles. The summed E-state index contributed by atoms with van der Waals surface area (Å²) in [5.41, 5.74) is 1.18. The van der Waals surface area contributed by atoms with Crippen molar-refractivity contribution in [3.63, 3.8) is 0 Å². The molecule has 2 fully saturated rings. The largest absolute Gasteiger partial charge is 0.507 e. The maximum atomic E-state index is 12.8. The molecule has 1 atom stereocenters. The Hall–Kier alpha value is -2.69. The standard InChI is InChI=1S/C28H34O5/c29-24-14-23(32-18-19-6-2-1-3-7-19)15-27-28(24)25(30)16-26(33-27)21-10-12-22(13-11-21)31-17-20-8-4-5-9-20/h10-15,19-20,26,29H,1-9,16-18H2. The van der Waals surface area contributed by atoms with Crippen molar-refractivity contribution in [2.75, 3.05) is 13.2 Å². The van der Waals surface area contributed by atoms with Gasteiger partial charge in [-0.15, -0.1) is 0 Å². The fraction of sp³-hybridized carbons (Fsp3) is 0.536. The van der Waals surface area contributed by atoms with Gasteiger partial charge in [0.25, 0.3) is 0 Å². The molecule has 2 saturated carbocycles. The van der Waals surface area contributed by atoms with E-state index >= 15 is 0 Å². The van der Waals surface area contributed by atoms with Crippen LogP contribution in [0.4, 0.5) is 0 Å². The van der Waals surface area contributed by atoms with E-state index in [0.717, 1.165) is 17.9 Å². The zero-order valence-corrected chi connectivity index (χ0v) is 19.3. The number of benzene rings is 2. The second kappa shape index (κ2) is 10.1. The van der Waals surface area contributed by atoms with Gasteiger partial charge in [0, 0.05) is 12.1 Å². The number of fused-ring (bicyclic) bond motifs is 1. The summed E-state index contributed by atoms with van der Waals surface area (Å²) in [6, 6.07) is 11.1. The van der Waals surface area contributed by atoms with Crippen molar-refractivity contribution in [3.8, 4) is 23.0 Å². The molecule has 2 aromatic rings. The number of phenolic OH excluding ortho intramolecular Hbond substituents is 1. The zero-order valence-electron chi connectivity index (χ0n) is 19.3. The number of hydrogen-bond acceptors (Lipinski definition) is 5. The van der Waals surface area contributed by atoms with Crippen molar-refractivity contribution in [2.45, 2.75) is 70.3 Å². The highest BCUT2D eigenvalue weighted by Gasteiger charge is 2.31. The first-order valence-corrected chi connectivity index (χ1v) is 12.6. The molecule has 1 heterocycles. The van der Waals surface area contributed by atoms with E-state index in [9.17, 15) is 9.90 Å². The van der Waals surface area contributed by atoms with E-state index in [1.54, 1.807) is 12.1 Å². The molecule has 2 aliphatic carbocycles. The Labute approximate surface area is 196 Å². The second-order valence-electron chi connectivity index (χ2n) is 9.89. The van der Waals surface area contributed by atoms with Crippen molar-refractivity contribution < 1.29 is 24.1 Å². The van der Waals surface area contributed by atoms with Crippen molar-refractivity contribution in [2.24, 2.45) is 11.8 Å². The molecule has 5 rings (SSSR count). The van der Waals surface area contributed by atoms with Crippen molar-refractivity contribution in [1.82, 2.24) is 0 Å². The number of hydrogen-bond donors (Lipinski definition) is 1. The van der Waals surface area contributed by atoms with Crippen LogP contribution in [-0.2, 0) is 0 Å². The lowest BCUT2D eigenvalue weighted by atomic mass is 9.90. The molecule has 1 unspecified atom stereocenters. The summed E-state index contributed by atoms with van der Waals surface area (Å²) in [6.07, 6.45) is 11.1. The summed E-state index contributed by atoms with van der Waals surface area (Å²) in [6.45, 7) is 1.41. The smallest absolute Gasteiger partial charge is 0.174 e. The molecule has 176 valence electrons. The molecule has 1 N–H and O–H groups in total. The molecule has 3 aliphatic rings. The van der Waals surface area contributed by atoms with Gasteiger partial charge >= 0.3 is 0 Å². The Morgan fingerprint density at radius 3 is 2.09 bits per heavy atom. The van der Waals surface area contributed by atoms with Crippen molar-refractivity contribution >= 4 is 5.78 Å². The van der Waals surface area contributed by atoms with Crippen LogP contribution >= 0.6 is 0 Å².